The molecule has 1 amide bonds. The van der Waals surface area contributed by atoms with E-state index < -0.39 is 5.91 Å². The number of hydrogen-bond donors (Lipinski definition) is 1. The standard InChI is InChI=1S/C25H20Br2N2O3/c1-2-31-23-13-18(12-19(15-28)25(30)29-21-6-4-3-5-7-21)22(27)14-24(23)32-16-17-8-10-20(26)11-9-17/h3-14H,2,16H2,1H3,(H,29,30)/b19-12+. The van der Waals surface area contributed by atoms with Crippen molar-refractivity contribution < 1.29 is 14.3 Å². The van der Waals surface area contributed by atoms with Crippen molar-refractivity contribution in [3.05, 3.63) is 92.4 Å². The van der Waals surface area contributed by atoms with Crippen LogP contribution in [0.2, 0.25) is 0 Å². The molecule has 0 aromatic heterocycles. The van der Waals surface area contributed by atoms with Gasteiger partial charge in [-0.25, -0.2) is 0 Å². The third-order valence-electron chi connectivity index (χ3n) is 4.37. The summed E-state index contributed by atoms with van der Waals surface area (Å²) in [6.45, 7) is 2.70. The summed E-state index contributed by atoms with van der Waals surface area (Å²) in [7, 11) is 0. The minimum Gasteiger partial charge on any atom is -0.490 e. The van der Waals surface area contributed by atoms with Gasteiger partial charge < -0.3 is 14.8 Å². The van der Waals surface area contributed by atoms with E-state index in [0.717, 1.165) is 10.0 Å². The fourth-order valence-electron chi connectivity index (χ4n) is 2.81. The second-order valence-electron chi connectivity index (χ2n) is 6.66. The van der Waals surface area contributed by atoms with E-state index in [4.69, 9.17) is 9.47 Å². The highest BCUT2D eigenvalue weighted by molar-refractivity contribution is 9.10. The van der Waals surface area contributed by atoms with Gasteiger partial charge in [0.2, 0.25) is 0 Å². The van der Waals surface area contributed by atoms with Crippen LogP contribution in [0.15, 0.2) is 81.2 Å². The Morgan fingerprint density at radius 1 is 1.03 bits per heavy atom. The van der Waals surface area contributed by atoms with Crippen molar-refractivity contribution in [3.63, 3.8) is 0 Å². The number of nitrogens with one attached hydrogen (secondary N) is 1. The third-order valence-corrected chi connectivity index (χ3v) is 5.58. The number of amides is 1. The average Bonchev–Trinajstić information content (AvgIpc) is 2.80. The molecule has 0 spiro atoms. The maximum absolute atomic E-state index is 12.5. The van der Waals surface area contributed by atoms with E-state index >= 15 is 0 Å². The van der Waals surface area contributed by atoms with Crippen molar-refractivity contribution in [2.45, 2.75) is 13.5 Å². The Morgan fingerprint density at radius 3 is 2.38 bits per heavy atom. The molecule has 3 aromatic rings. The lowest BCUT2D eigenvalue weighted by Gasteiger charge is -2.14. The monoisotopic (exact) mass is 554 g/mol. The first-order valence-corrected chi connectivity index (χ1v) is 11.4. The molecule has 3 aromatic carbocycles. The van der Waals surface area contributed by atoms with Crippen LogP contribution in [-0.2, 0) is 11.4 Å². The summed E-state index contributed by atoms with van der Waals surface area (Å²) in [5.41, 5.74) is 2.23. The quantitative estimate of drug-likeness (QED) is 0.247. The summed E-state index contributed by atoms with van der Waals surface area (Å²) in [5.74, 6) is 0.602. The number of anilines is 1. The summed E-state index contributed by atoms with van der Waals surface area (Å²) < 4.78 is 13.4. The Balaban J connectivity index is 1.84. The molecular formula is C25H20Br2N2O3. The molecular weight excluding hydrogens is 536 g/mol. The highest BCUT2D eigenvalue weighted by Gasteiger charge is 2.14. The second kappa shape index (κ2) is 11.5. The molecule has 0 saturated carbocycles. The topological polar surface area (TPSA) is 71.3 Å². The molecule has 162 valence electrons. The molecule has 0 atom stereocenters. The van der Waals surface area contributed by atoms with Gasteiger partial charge in [0.1, 0.15) is 18.2 Å². The molecule has 7 heteroatoms. The molecule has 0 heterocycles. The summed E-state index contributed by atoms with van der Waals surface area (Å²) in [5, 5.41) is 12.3. The third kappa shape index (κ3) is 6.46. The summed E-state index contributed by atoms with van der Waals surface area (Å²) in [4.78, 5) is 12.5. The number of hydrogen-bond acceptors (Lipinski definition) is 4. The predicted molar refractivity (Wildman–Crippen MR) is 132 cm³/mol. The molecule has 1 N–H and O–H groups in total. The summed E-state index contributed by atoms with van der Waals surface area (Å²) >= 11 is 6.94. The highest BCUT2D eigenvalue weighted by Crippen LogP contribution is 2.35. The first-order chi connectivity index (χ1) is 15.5. The minimum absolute atomic E-state index is 0.0273. The lowest BCUT2D eigenvalue weighted by Crippen LogP contribution is -2.13. The zero-order chi connectivity index (χ0) is 22.9. The van der Waals surface area contributed by atoms with E-state index in [1.165, 1.54) is 6.08 Å². The summed E-state index contributed by atoms with van der Waals surface area (Å²) in [6, 6.07) is 22.3. The van der Waals surface area contributed by atoms with Gasteiger partial charge in [0.25, 0.3) is 5.91 Å². The van der Waals surface area contributed by atoms with Gasteiger partial charge in [0, 0.05) is 14.6 Å². The molecule has 0 saturated heterocycles. The molecule has 0 aliphatic heterocycles. The molecule has 5 nitrogen and oxygen atoms in total. The van der Waals surface area contributed by atoms with E-state index in [9.17, 15) is 10.1 Å². The molecule has 0 fully saturated rings. The number of para-hydroxylation sites is 1. The number of nitrogens with zero attached hydrogens (tertiary/aromatic N) is 1. The molecule has 0 unspecified atom stereocenters. The van der Waals surface area contributed by atoms with Gasteiger partial charge in [0.15, 0.2) is 11.5 Å². The van der Waals surface area contributed by atoms with Gasteiger partial charge in [-0.15, -0.1) is 0 Å². The zero-order valence-electron chi connectivity index (χ0n) is 17.3. The van der Waals surface area contributed by atoms with E-state index in [0.29, 0.717) is 40.4 Å². The molecule has 3 rings (SSSR count). The fraction of sp³-hybridized carbons (Fsp3) is 0.120. The summed E-state index contributed by atoms with van der Waals surface area (Å²) in [6.07, 6.45) is 1.52. The van der Waals surface area contributed by atoms with Crippen LogP contribution in [0.4, 0.5) is 5.69 Å². The van der Waals surface area contributed by atoms with Gasteiger partial charge in [-0.3, -0.25) is 4.79 Å². The Bertz CT molecular complexity index is 1150. The van der Waals surface area contributed by atoms with Crippen molar-refractivity contribution in [3.8, 4) is 17.6 Å². The molecule has 0 bridgehead atoms. The van der Waals surface area contributed by atoms with Crippen molar-refractivity contribution in [2.24, 2.45) is 0 Å². The number of carbonyl (C=O) groups excluding carboxylic acids is 1. The normalized spacial score (nSPS) is 10.9. The Kier molecular flexibility index (Phi) is 8.48. The van der Waals surface area contributed by atoms with Gasteiger partial charge in [-0.1, -0.05) is 62.2 Å². The number of nitriles is 1. The highest BCUT2D eigenvalue weighted by atomic mass is 79.9. The molecule has 0 aliphatic carbocycles. The number of halogens is 2. The van der Waals surface area contributed by atoms with Crippen molar-refractivity contribution in [1.29, 1.82) is 5.26 Å². The van der Waals surface area contributed by atoms with E-state index in [-0.39, 0.29) is 5.57 Å². The SMILES string of the molecule is CCOc1cc(/C=C(\C#N)C(=O)Nc2ccccc2)c(Br)cc1OCc1ccc(Br)cc1. The number of benzene rings is 3. The Labute approximate surface area is 203 Å². The Morgan fingerprint density at radius 2 is 1.72 bits per heavy atom. The maximum Gasteiger partial charge on any atom is 0.266 e. The van der Waals surface area contributed by atoms with Crippen molar-refractivity contribution in [2.75, 3.05) is 11.9 Å². The Hall–Kier alpha value is -3.08. The molecule has 32 heavy (non-hydrogen) atoms. The van der Waals surface area contributed by atoms with E-state index in [1.54, 1.807) is 24.3 Å². The van der Waals surface area contributed by atoms with Crippen LogP contribution in [0, 0.1) is 11.3 Å². The van der Waals surface area contributed by atoms with Crippen LogP contribution in [-0.4, -0.2) is 12.5 Å². The van der Waals surface area contributed by atoms with Gasteiger partial charge in [-0.05, 0) is 60.5 Å². The number of ether oxygens (including phenoxy) is 2. The van der Waals surface area contributed by atoms with Crippen LogP contribution in [0.5, 0.6) is 11.5 Å². The largest absolute Gasteiger partial charge is 0.490 e. The van der Waals surface area contributed by atoms with Crippen LogP contribution in [0.25, 0.3) is 6.08 Å². The van der Waals surface area contributed by atoms with Gasteiger partial charge in [0.05, 0.1) is 6.61 Å². The van der Waals surface area contributed by atoms with Crippen molar-refractivity contribution >= 4 is 49.5 Å². The van der Waals surface area contributed by atoms with Crippen LogP contribution < -0.4 is 14.8 Å². The van der Waals surface area contributed by atoms with Crippen LogP contribution >= 0.6 is 31.9 Å². The average molecular weight is 556 g/mol. The second-order valence-corrected chi connectivity index (χ2v) is 8.43. The lowest BCUT2D eigenvalue weighted by molar-refractivity contribution is -0.112. The van der Waals surface area contributed by atoms with Crippen LogP contribution in [0.3, 0.4) is 0 Å². The zero-order valence-corrected chi connectivity index (χ0v) is 20.4. The van der Waals surface area contributed by atoms with E-state index in [2.05, 4.69) is 37.2 Å². The lowest BCUT2D eigenvalue weighted by atomic mass is 10.1. The predicted octanol–water partition coefficient (Wildman–Crippen LogP) is 6.73. The molecule has 0 aliphatic rings. The van der Waals surface area contributed by atoms with Crippen molar-refractivity contribution in [1.82, 2.24) is 0 Å². The molecule has 0 radical (unpaired) electrons. The smallest absolute Gasteiger partial charge is 0.266 e. The van der Waals surface area contributed by atoms with Gasteiger partial charge in [-0.2, -0.15) is 5.26 Å². The van der Waals surface area contributed by atoms with Gasteiger partial charge >= 0.3 is 0 Å². The first kappa shape index (κ1) is 23.6. The maximum atomic E-state index is 12.5. The van der Waals surface area contributed by atoms with Crippen LogP contribution in [0.1, 0.15) is 18.1 Å². The minimum atomic E-state index is -0.487. The van der Waals surface area contributed by atoms with E-state index in [1.807, 2.05) is 55.5 Å². The fourth-order valence-corrected chi connectivity index (χ4v) is 3.51. The number of rotatable bonds is 8. The number of carbonyl (C=O) groups is 1. The first-order valence-electron chi connectivity index (χ1n) is 9.82.